The molecule has 1 aliphatic carbocycles. The summed E-state index contributed by atoms with van der Waals surface area (Å²) in [6, 6.07) is 5.52. The zero-order chi connectivity index (χ0) is 22.2. The van der Waals surface area contributed by atoms with Gasteiger partial charge in [-0.05, 0) is 50.3 Å². The maximum atomic E-state index is 13.3. The summed E-state index contributed by atoms with van der Waals surface area (Å²) in [6.45, 7) is 9.66. The Hall–Kier alpha value is -2.76. The Morgan fingerprint density at radius 2 is 1.80 bits per heavy atom. The van der Waals surface area contributed by atoms with Crippen molar-refractivity contribution in [2.45, 2.75) is 59.5 Å². The number of allylic oxidation sites excluding steroid dienone is 3. The fourth-order valence-corrected chi connectivity index (χ4v) is 4.35. The maximum Gasteiger partial charge on any atom is 0.337 e. The second-order valence-electron chi connectivity index (χ2n) is 9.00. The highest BCUT2D eigenvalue weighted by atomic mass is 16.5. The van der Waals surface area contributed by atoms with Gasteiger partial charge in [-0.25, -0.2) is 4.79 Å². The van der Waals surface area contributed by atoms with Crippen molar-refractivity contribution >= 4 is 11.8 Å². The number of methoxy groups -OCH3 is 2. The summed E-state index contributed by atoms with van der Waals surface area (Å²) in [7, 11) is 3.14. The van der Waals surface area contributed by atoms with Crippen LogP contribution in [0.25, 0.3) is 0 Å². The number of carbonyl (C=O) groups excluding carboxylic acids is 2. The van der Waals surface area contributed by atoms with E-state index in [-0.39, 0.29) is 17.3 Å². The summed E-state index contributed by atoms with van der Waals surface area (Å²) >= 11 is 0. The summed E-state index contributed by atoms with van der Waals surface area (Å²) in [5, 5.41) is 3.34. The Bertz CT molecular complexity index is 939. The zero-order valence-corrected chi connectivity index (χ0v) is 18.8. The van der Waals surface area contributed by atoms with E-state index in [1.165, 1.54) is 0 Å². The van der Waals surface area contributed by atoms with E-state index in [2.05, 4.69) is 19.2 Å². The molecule has 3 rings (SSSR count). The lowest BCUT2D eigenvalue weighted by Crippen LogP contribution is -2.39. The number of hydrogen-bond donors (Lipinski definition) is 1. The van der Waals surface area contributed by atoms with Crippen LogP contribution in [0.4, 0.5) is 0 Å². The molecule has 0 saturated carbocycles. The Morgan fingerprint density at radius 3 is 2.40 bits per heavy atom. The van der Waals surface area contributed by atoms with Crippen LogP contribution in [0.3, 0.4) is 0 Å². The van der Waals surface area contributed by atoms with Crippen molar-refractivity contribution in [2.24, 2.45) is 5.41 Å². The summed E-state index contributed by atoms with van der Waals surface area (Å²) < 4.78 is 16.4. The molecular weight excluding hydrogens is 382 g/mol. The number of dihydropyridines is 1. The van der Waals surface area contributed by atoms with Gasteiger partial charge >= 0.3 is 5.97 Å². The largest absolute Gasteiger partial charge is 0.493 e. The fraction of sp³-hybridized carbons (Fsp3) is 0.500. The van der Waals surface area contributed by atoms with Crippen LogP contribution in [-0.4, -0.2) is 32.1 Å². The van der Waals surface area contributed by atoms with Crippen molar-refractivity contribution < 1.29 is 23.8 Å². The van der Waals surface area contributed by atoms with Gasteiger partial charge in [-0.2, -0.15) is 0 Å². The molecule has 0 bridgehead atoms. The van der Waals surface area contributed by atoms with Gasteiger partial charge in [0.2, 0.25) is 0 Å². The third kappa shape index (κ3) is 4.09. The molecule has 0 fully saturated rings. The lowest BCUT2D eigenvalue weighted by atomic mass is 9.68. The molecule has 1 aliphatic heterocycles. The first-order chi connectivity index (χ1) is 14.1. The summed E-state index contributed by atoms with van der Waals surface area (Å²) in [5.41, 5.74) is 3.36. The number of ether oxygens (including phenoxy) is 3. The minimum absolute atomic E-state index is 0.0517. The SMILES string of the molecule is COc1ccc([C@@H]2C(C(=O)OC(C)C)=C(C)NC3=C2C(=O)CC(C)(C)C3)cc1OC. The van der Waals surface area contributed by atoms with Gasteiger partial charge in [0, 0.05) is 29.3 Å². The molecule has 0 aromatic heterocycles. The molecule has 1 N–H and O–H groups in total. The van der Waals surface area contributed by atoms with E-state index in [0.29, 0.717) is 34.8 Å². The highest BCUT2D eigenvalue weighted by Gasteiger charge is 2.43. The lowest BCUT2D eigenvalue weighted by Gasteiger charge is -2.39. The summed E-state index contributed by atoms with van der Waals surface area (Å²) in [4.78, 5) is 26.4. The van der Waals surface area contributed by atoms with Crippen LogP contribution in [0.15, 0.2) is 40.7 Å². The van der Waals surface area contributed by atoms with Gasteiger partial charge in [0.1, 0.15) is 0 Å². The first-order valence-corrected chi connectivity index (χ1v) is 10.2. The van der Waals surface area contributed by atoms with Gasteiger partial charge in [0.15, 0.2) is 17.3 Å². The second kappa shape index (κ2) is 8.17. The van der Waals surface area contributed by atoms with Gasteiger partial charge in [-0.3, -0.25) is 4.79 Å². The first-order valence-electron chi connectivity index (χ1n) is 10.2. The summed E-state index contributed by atoms with van der Waals surface area (Å²) in [5.74, 6) is 0.256. The van der Waals surface area contributed by atoms with Crippen molar-refractivity contribution in [1.29, 1.82) is 0 Å². The molecule has 2 aliphatic rings. The van der Waals surface area contributed by atoms with Gasteiger partial charge in [-0.1, -0.05) is 19.9 Å². The molecule has 0 unspecified atom stereocenters. The molecule has 0 radical (unpaired) electrons. The molecule has 6 nitrogen and oxygen atoms in total. The van der Waals surface area contributed by atoms with Gasteiger partial charge in [-0.15, -0.1) is 0 Å². The van der Waals surface area contributed by atoms with Crippen LogP contribution in [-0.2, 0) is 14.3 Å². The van der Waals surface area contributed by atoms with E-state index in [0.717, 1.165) is 17.7 Å². The van der Waals surface area contributed by atoms with Gasteiger partial charge in [0.05, 0.1) is 25.9 Å². The van der Waals surface area contributed by atoms with Crippen LogP contribution < -0.4 is 14.8 Å². The topological polar surface area (TPSA) is 73.9 Å². The average molecular weight is 414 g/mol. The Labute approximate surface area is 178 Å². The number of benzene rings is 1. The molecule has 162 valence electrons. The van der Waals surface area contributed by atoms with Crippen LogP contribution in [0.5, 0.6) is 11.5 Å². The summed E-state index contributed by atoms with van der Waals surface area (Å²) in [6.07, 6.45) is 0.908. The van der Waals surface area contributed by atoms with Crippen LogP contribution in [0, 0.1) is 5.41 Å². The van der Waals surface area contributed by atoms with Crippen molar-refractivity contribution in [3.05, 3.63) is 46.3 Å². The molecule has 1 aromatic carbocycles. The van der Waals surface area contributed by atoms with E-state index < -0.39 is 11.9 Å². The Morgan fingerprint density at radius 1 is 1.13 bits per heavy atom. The van der Waals surface area contributed by atoms with E-state index in [9.17, 15) is 9.59 Å². The molecule has 0 spiro atoms. The quantitative estimate of drug-likeness (QED) is 0.727. The van der Waals surface area contributed by atoms with E-state index in [1.807, 2.05) is 32.9 Å². The molecule has 1 heterocycles. The highest BCUT2D eigenvalue weighted by Crippen LogP contribution is 2.47. The lowest BCUT2D eigenvalue weighted by molar-refractivity contribution is -0.143. The molecule has 1 atom stereocenters. The van der Waals surface area contributed by atoms with Gasteiger partial charge < -0.3 is 19.5 Å². The number of hydrogen-bond acceptors (Lipinski definition) is 6. The third-order valence-electron chi connectivity index (χ3n) is 5.54. The maximum absolute atomic E-state index is 13.3. The predicted molar refractivity (Wildman–Crippen MR) is 114 cm³/mol. The molecule has 30 heavy (non-hydrogen) atoms. The van der Waals surface area contributed by atoms with E-state index >= 15 is 0 Å². The number of nitrogens with one attached hydrogen (secondary N) is 1. The van der Waals surface area contributed by atoms with E-state index in [4.69, 9.17) is 14.2 Å². The van der Waals surface area contributed by atoms with Crippen LogP contribution in [0.2, 0.25) is 0 Å². The van der Waals surface area contributed by atoms with Crippen LogP contribution >= 0.6 is 0 Å². The third-order valence-corrected chi connectivity index (χ3v) is 5.54. The predicted octanol–water partition coefficient (Wildman–Crippen LogP) is 4.26. The smallest absolute Gasteiger partial charge is 0.337 e. The standard InChI is InChI=1S/C24H31NO5/c1-13(2)30-23(27)20-14(3)25-16-11-24(4,5)12-17(26)22(16)21(20)15-8-9-18(28-6)19(10-15)29-7/h8-10,13,21,25H,11-12H2,1-7H3/t21-/m1/s1. The van der Waals surface area contributed by atoms with Crippen LogP contribution in [0.1, 0.15) is 58.9 Å². The first kappa shape index (κ1) is 21.9. The molecule has 0 saturated heterocycles. The Balaban J connectivity index is 2.20. The second-order valence-corrected chi connectivity index (χ2v) is 9.00. The number of Topliss-reactive ketones (excluding diaryl/α,β-unsaturated/α-hetero) is 1. The van der Waals surface area contributed by atoms with Gasteiger partial charge in [0.25, 0.3) is 0 Å². The van der Waals surface area contributed by atoms with Crippen molar-refractivity contribution in [2.75, 3.05) is 14.2 Å². The molecule has 1 aromatic rings. The van der Waals surface area contributed by atoms with Crippen molar-refractivity contribution in [3.8, 4) is 11.5 Å². The number of esters is 1. The number of carbonyl (C=O) groups is 2. The van der Waals surface area contributed by atoms with Crippen molar-refractivity contribution in [1.82, 2.24) is 5.32 Å². The number of rotatable bonds is 5. The van der Waals surface area contributed by atoms with E-state index in [1.54, 1.807) is 20.3 Å². The fourth-order valence-electron chi connectivity index (χ4n) is 4.35. The van der Waals surface area contributed by atoms with Crippen molar-refractivity contribution in [3.63, 3.8) is 0 Å². The highest BCUT2D eigenvalue weighted by molar-refractivity contribution is 6.04. The minimum atomic E-state index is -0.518. The molecule has 0 amide bonds. The zero-order valence-electron chi connectivity index (χ0n) is 18.8. The average Bonchev–Trinajstić information content (AvgIpc) is 2.64. The normalized spacial score (nSPS) is 20.7. The number of ketones is 1. The minimum Gasteiger partial charge on any atom is -0.493 e. The monoisotopic (exact) mass is 413 g/mol. The Kier molecular flexibility index (Phi) is 5.97. The molecular formula is C24H31NO5. The molecule has 6 heteroatoms.